The van der Waals surface area contributed by atoms with Crippen molar-refractivity contribution in [1.29, 1.82) is 0 Å². The quantitative estimate of drug-likeness (QED) is 0.357. The number of aryl methyl sites for hydroxylation is 2. The van der Waals surface area contributed by atoms with Crippen LogP contribution in [-0.2, 0) is 13.2 Å². The molecule has 0 radical (unpaired) electrons. The van der Waals surface area contributed by atoms with Gasteiger partial charge in [0.05, 0.1) is 6.54 Å². The number of anilines is 1. The molecule has 0 fully saturated rings. The van der Waals surface area contributed by atoms with Gasteiger partial charge in [-0.3, -0.25) is 9.48 Å². The van der Waals surface area contributed by atoms with E-state index in [0.29, 0.717) is 24.0 Å². The van der Waals surface area contributed by atoms with E-state index < -0.39 is 0 Å². The van der Waals surface area contributed by atoms with Crippen LogP contribution in [0.4, 0.5) is 5.82 Å². The minimum Gasteiger partial charge on any atom is -0.485 e. The molecular weight excluding hydrogens is 414 g/mol. The first-order valence-corrected chi connectivity index (χ1v) is 11.1. The van der Waals surface area contributed by atoms with E-state index in [-0.39, 0.29) is 18.3 Å². The van der Waals surface area contributed by atoms with Crippen LogP contribution in [0.5, 0.6) is 5.75 Å². The summed E-state index contributed by atoms with van der Waals surface area (Å²) >= 11 is 0. The fourth-order valence-corrected chi connectivity index (χ4v) is 3.64. The molecule has 2 heterocycles. The number of hydrogen-bond acceptors (Lipinski definition) is 4. The van der Waals surface area contributed by atoms with E-state index in [4.69, 9.17) is 9.15 Å². The van der Waals surface area contributed by atoms with E-state index in [0.717, 1.165) is 28.1 Å². The van der Waals surface area contributed by atoms with Gasteiger partial charge in [-0.1, -0.05) is 56.3 Å². The number of furan rings is 1. The van der Waals surface area contributed by atoms with Gasteiger partial charge in [0.1, 0.15) is 18.1 Å². The van der Waals surface area contributed by atoms with E-state index in [1.165, 1.54) is 0 Å². The number of nitrogens with zero attached hydrogens (tertiary/aromatic N) is 2. The zero-order valence-electron chi connectivity index (χ0n) is 19.5. The van der Waals surface area contributed by atoms with Crippen LogP contribution in [0.3, 0.4) is 0 Å². The Morgan fingerprint density at radius 3 is 2.61 bits per heavy atom. The van der Waals surface area contributed by atoms with Crippen molar-refractivity contribution in [3.8, 4) is 5.75 Å². The number of benzene rings is 2. The Morgan fingerprint density at radius 1 is 1.06 bits per heavy atom. The Morgan fingerprint density at radius 2 is 1.85 bits per heavy atom. The van der Waals surface area contributed by atoms with Crippen molar-refractivity contribution in [3.05, 3.63) is 101 Å². The lowest BCUT2D eigenvalue weighted by Crippen LogP contribution is -2.12. The van der Waals surface area contributed by atoms with Gasteiger partial charge >= 0.3 is 0 Å². The highest BCUT2D eigenvalue weighted by Gasteiger charge is 2.15. The van der Waals surface area contributed by atoms with E-state index >= 15 is 0 Å². The molecule has 0 aliphatic heterocycles. The van der Waals surface area contributed by atoms with Crippen molar-refractivity contribution >= 4 is 11.7 Å². The number of aromatic nitrogens is 2. The molecule has 6 nitrogen and oxygen atoms in total. The summed E-state index contributed by atoms with van der Waals surface area (Å²) in [5.41, 5.74) is 4.38. The van der Waals surface area contributed by atoms with Crippen LogP contribution in [-0.4, -0.2) is 15.7 Å². The normalized spacial score (nSPS) is 11.1. The summed E-state index contributed by atoms with van der Waals surface area (Å²) in [4.78, 5) is 12.7. The number of carbonyl (C=O) groups is 1. The third kappa shape index (κ3) is 5.52. The molecular formula is C27H29N3O3. The molecule has 0 aliphatic rings. The maximum absolute atomic E-state index is 12.7. The monoisotopic (exact) mass is 443 g/mol. The number of carbonyl (C=O) groups excluding carboxylic acids is 1. The minimum absolute atomic E-state index is 0.220. The molecule has 2 aromatic carbocycles. The van der Waals surface area contributed by atoms with Crippen LogP contribution < -0.4 is 10.1 Å². The largest absolute Gasteiger partial charge is 0.485 e. The molecule has 4 aromatic rings. The number of amides is 1. The molecule has 0 saturated carbocycles. The van der Waals surface area contributed by atoms with Crippen molar-refractivity contribution in [1.82, 2.24) is 9.78 Å². The Labute approximate surface area is 194 Å². The smallest absolute Gasteiger partial charge is 0.292 e. The lowest BCUT2D eigenvalue weighted by Gasteiger charge is -2.14. The van der Waals surface area contributed by atoms with Crippen molar-refractivity contribution in [2.24, 2.45) is 0 Å². The lowest BCUT2D eigenvalue weighted by atomic mass is 10.0. The number of ether oxygens (including phenoxy) is 1. The van der Waals surface area contributed by atoms with Crippen LogP contribution in [0.15, 0.2) is 71.1 Å². The Bertz CT molecular complexity index is 1240. The minimum atomic E-state index is -0.343. The second-order valence-electron chi connectivity index (χ2n) is 8.52. The van der Waals surface area contributed by atoms with Gasteiger partial charge in [0.2, 0.25) is 0 Å². The fourth-order valence-electron chi connectivity index (χ4n) is 3.64. The first-order chi connectivity index (χ1) is 15.9. The van der Waals surface area contributed by atoms with Crippen molar-refractivity contribution in [2.45, 2.75) is 46.8 Å². The summed E-state index contributed by atoms with van der Waals surface area (Å²) < 4.78 is 13.6. The van der Waals surface area contributed by atoms with Gasteiger partial charge in [0.15, 0.2) is 11.6 Å². The molecule has 0 aliphatic carbocycles. The van der Waals surface area contributed by atoms with Crippen LogP contribution in [0.1, 0.15) is 58.5 Å². The third-order valence-corrected chi connectivity index (χ3v) is 5.44. The average Bonchev–Trinajstić information content (AvgIpc) is 3.39. The van der Waals surface area contributed by atoms with Crippen LogP contribution in [0, 0.1) is 13.8 Å². The number of nitrogens with one attached hydrogen (secondary N) is 1. The summed E-state index contributed by atoms with van der Waals surface area (Å²) in [7, 11) is 0. The summed E-state index contributed by atoms with van der Waals surface area (Å²) in [5, 5.41) is 7.32. The Kier molecular flexibility index (Phi) is 6.63. The number of rotatable bonds is 8. The van der Waals surface area contributed by atoms with Gasteiger partial charge in [-0.25, -0.2) is 0 Å². The van der Waals surface area contributed by atoms with Gasteiger partial charge in [-0.15, -0.1) is 0 Å². The Hall–Kier alpha value is -3.80. The van der Waals surface area contributed by atoms with Crippen molar-refractivity contribution in [2.75, 3.05) is 5.32 Å². The van der Waals surface area contributed by atoms with Gasteiger partial charge in [0.25, 0.3) is 5.91 Å². The van der Waals surface area contributed by atoms with E-state index in [1.807, 2.05) is 61.0 Å². The molecule has 1 amide bonds. The molecule has 0 atom stereocenters. The van der Waals surface area contributed by atoms with Gasteiger partial charge < -0.3 is 14.5 Å². The van der Waals surface area contributed by atoms with E-state index in [9.17, 15) is 4.79 Å². The third-order valence-electron chi connectivity index (χ3n) is 5.44. The molecule has 0 bridgehead atoms. The van der Waals surface area contributed by atoms with Crippen LogP contribution in [0.25, 0.3) is 0 Å². The fraction of sp³-hybridized carbons (Fsp3) is 0.259. The van der Waals surface area contributed by atoms with Gasteiger partial charge in [-0.05, 0) is 54.7 Å². The molecule has 1 N–H and O–H groups in total. The Balaban J connectivity index is 1.39. The SMILES string of the molecule is Cc1ccc(C(C)C)c(OCc2ccc(C(=O)Nc3cc(C)n(Cc4ccccc4)n3)o2)c1. The molecule has 0 spiro atoms. The molecule has 6 heteroatoms. The topological polar surface area (TPSA) is 69.3 Å². The zero-order valence-corrected chi connectivity index (χ0v) is 19.5. The van der Waals surface area contributed by atoms with E-state index in [1.54, 1.807) is 12.1 Å². The second kappa shape index (κ2) is 9.77. The molecule has 170 valence electrons. The molecule has 4 rings (SSSR count). The first-order valence-electron chi connectivity index (χ1n) is 11.1. The predicted molar refractivity (Wildman–Crippen MR) is 129 cm³/mol. The van der Waals surface area contributed by atoms with Gasteiger partial charge in [0, 0.05) is 11.8 Å². The lowest BCUT2D eigenvalue weighted by molar-refractivity contribution is 0.0992. The number of hydrogen-bond donors (Lipinski definition) is 1. The molecule has 2 aromatic heterocycles. The first kappa shape index (κ1) is 22.4. The van der Waals surface area contributed by atoms with Crippen LogP contribution >= 0.6 is 0 Å². The van der Waals surface area contributed by atoms with Gasteiger partial charge in [-0.2, -0.15) is 5.10 Å². The second-order valence-corrected chi connectivity index (χ2v) is 8.52. The maximum Gasteiger partial charge on any atom is 0.292 e. The predicted octanol–water partition coefficient (Wildman–Crippen LogP) is 6.10. The average molecular weight is 444 g/mol. The van der Waals surface area contributed by atoms with E-state index in [2.05, 4.69) is 36.4 Å². The summed E-state index contributed by atoms with van der Waals surface area (Å²) in [5.74, 6) is 2.14. The molecule has 0 unspecified atom stereocenters. The van der Waals surface area contributed by atoms with Crippen molar-refractivity contribution < 1.29 is 13.9 Å². The zero-order chi connectivity index (χ0) is 23.4. The summed E-state index contributed by atoms with van der Waals surface area (Å²) in [6.45, 7) is 9.16. The summed E-state index contributed by atoms with van der Waals surface area (Å²) in [6, 6.07) is 21.5. The van der Waals surface area contributed by atoms with Crippen molar-refractivity contribution in [3.63, 3.8) is 0 Å². The highest BCUT2D eigenvalue weighted by Crippen LogP contribution is 2.28. The molecule has 33 heavy (non-hydrogen) atoms. The standard InChI is InChI=1S/C27H29N3O3/c1-18(2)23-12-10-19(3)14-25(23)32-17-22-11-13-24(33-22)27(31)28-26-15-20(4)30(29-26)16-21-8-6-5-7-9-21/h5-15,18H,16-17H2,1-4H3,(H,28,29,31). The molecule has 0 saturated heterocycles. The highest BCUT2D eigenvalue weighted by atomic mass is 16.5. The van der Waals surface area contributed by atoms with Crippen LogP contribution in [0.2, 0.25) is 0 Å². The highest BCUT2D eigenvalue weighted by molar-refractivity contribution is 6.01. The maximum atomic E-state index is 12.7. The summed E-state index contributed by atoms with van der Waals surface area (Å²) in [6.07, 6.45) is 0.